The van der Waals surface area contributed by atoms with Crippen molar-refractivity contribution in [3.8, 4) is 10.6 Å². The highest BCUT2D eigenvalue weighted by Crippen LogP contribution is 2.28. The molecule has 5 nitrogen and oxygen atoms in total. The van der Waals surface area contributed by atoms with Gasteiger partial charge in [-0.2, -0.15) is 5.10 Å². The number of thiophene rings is 1. The predicted molar refractivity (Wildman–Crippen MR) is 83.7 cm³/mol. The number of primary amides is 1. The molecular formula is C15H20N4OS. The minimum absolute atomic E-state index is 0.0133. The summed E-state index contributed by atoms with van der Waals surface area (Å²) in [6.07, 6.45) is 4.02. The van der Waals surface area contributed by atoms with E-state index in [-0.39, 0.29) is 11.8 Å². The normalized spacial score (nSPS) is 19.8. The van der Waals surface area contributed by atoms with Gasteiger partial charge in [0.25, 0.3) is 0 Å². The van der Waals surface area contributed by atoms with Crippen molar-refractivity contribution >= 4 is 17.2 Å². The molecule has 21 heavy (non-hydrogen) atoms. The molecule has 0 aliphatic carbocycles. The average molecular weight is 304 g/mol. The molecule has 3 rings (SSSR count). The van der Waals surface area contributed by atoms with Gasteiger partial charge < -0.3 is 5.73 Å². The Balaban J connectivity index is 1.77. The zero-order chi connectivity index (χ0) is 14.8. The van der Waals surface area contributed by atoms with Gasteiger partial charge in [-0.05, 0) is 30.8 Å². The van der Waals surface area contributed by atoms with Crippen molar-refractivity contribution < 1.29 is 4.79 Å². The topological polar surface area (TPSA) is 64.2 Å². The quantitative estimate of drug-likeness (QED) is 0.937. The Hall–Kier alpha value is -1.66. The Labute approximate surface area is 128 Å². The molecule has 2 aromatic heterocycles. The van der Waals surface area contributed by atoms with Crippen LogP contribution in [-0.4, -0.2) is 33.7 Å². The van der Waals surface area contributed by atoms with Crippen LogP contribution in [-0.2, 0) is 18.4 Å². The van der Waals surface area contributed by atoms with Crippen molar-refractivity contribution in [1.29, 1.82) is 0 Å². The molecule has 112 valence electrons. The first-order valence-corrected chi connectivity index (χ1v) is 8.09. The molecule has 1 aliphatic rings. The van der Waals surface area contributed by atoms with E-state index in [1.54, 1.807) is 11.3 Å². The summed E-state index contributed by atoms with van der Waals surface area (Å²) in [5.74, 6) is -0.190. The van der Waals surface area contributed by atoms with Gasteiger partial charge >= 0.3 is 0 Å². The van der Waals surface area contributed by atoms with Gasteiger partial charge in [-0.25, -0.2) is 0 Å². The molecule has 0 bridgehead atoms. The van der Waals surface area contributed by atoms with Gasteiger partial charge in [0.1, 0.15) is 5.69 Å². The van der Waals surface area contributed by atoms with E-state index in [1.807, 2.05) is 17.8 Å². The van der Waals surface area contributed by atoms with Crippen molar-refractivity contribution in [3.05, 3.63) is 29.3 Å². The van der Waals surface area contributed by atoms with Crippen LogP contribution in [0.15, 0.2) is 23.7 Å². The van der Waals surface area contributed by atoms with Crippen LogP contribution < -0.4 is 5.73 Å². The summed E-state index contributed by atoms with van der Waals surface area (Å²) in [5.41, 5.74) is 7.72. The second-order valence-corrected chi connectivity index (χ2v) is 6.58. The fourth-order valence-corrected chi connectivity index (χ4v) is 3.69. The van der Waals surface area contributed by atoms with Crippen LogP contribution in [0.5, 0.6) is 0 Å². The number of nitrogens with zero attached hydrogens (tertiary/aromatic N) is 3. The molecule has 0 aromatic carbocycles. The number of hydrogen-bond acceptors (Lipinski definition) is 4. The summed E-state index contributed by atoms with van der Waals surface area (Å²) >= 11 is 1.70. The summed E-state index contributed by atoms with van der Waals surface area (Å²) in [4.78, 5) is 14.9. The van der Waals surface area contributed by atoms with Crippen LogP contribution >= 0.6 is 11.3 Å². The summed E-state index contributed by atoms with van der Waals surface area (Å²) in [6, 6.07) is 4.14. The van der Waals surface area contributed by atoms with Crippen LogP contribution in [0.1, 0.15) is 18.4 Å². The van der Waals surface area contributed by atoms with Gasteiger partial charge in [0, 0.05) is 31.9 Å². The molecule has 2 aromatic rings. The van der Waals surface area contributed by atoms with E-state index >= 15 is 0 Å². The Kier molecular flexibility index (Phi) is 4.07. The van der Waals surface area contributed by atoms with Crippen molar-refractivity contribution in [3.63, 3.8) is 0 Å². The highest BCUT2D eigenvalue weighted by Gasteiger charge is 2.25. The lowest BCUT2D eigenvalue weighted by molar-refractivity contribution is -0.123. The molecule has 1 atom stereocenters. The zero-order valence-corrected chi connectivity index (χ0v) is 13.0. The monoisotopic (exact) mass is 304 g/mol. The van der Waals surface area contributed by atoms with Gasteiger partial charge in [-0.1, -0.05) is 6.07 Å². The molecule has 0 radical (unpaired) electrons. The van der Waals surface area contributed by atoms with Gasteiger partial charge in [0.05, 0.1) is 10.8 Å². The fraction of sp³-hybridized carbons (Fsp3) is 0.467. The van der Waals surface area contributed by atoms with Crippen LogP contribution in [0.4, 0.5) is 0 Å². The number of carbonyl (C=O) groups excluding carboxylic acids is 1. The Morgan fingerprint density at radius 3 is 3.14 bits per heavy atom. The molecule has 2 N–H and O–H groups in total. The minimum atomic E-state index is -0.177. The Morgan fingerprint density at radius 1 is 1.57 bits per heavy atom. The molecule has 0 unspecified atom stereocenters. The number of nitrogens with two attached hydrogens (primary N) is 1. The van der Waals surface area contributed by atoms with Crippen LogP contribution in [0, 0.1) is 5.92 Å². The number of aryl methyl sites for hydroxylation is 1. The number of rotatable bonds is 4. The lowest BCUT2D eigenvalue weighted by Gasteiger charge is -2.30. The lowest BCUT2D eigenvalue weighted by Crippen LogP contribution is -2.40. The van der Waals surface area contributed by atoms with Gasteiger partial charge in [0.2, 0.25) is 5.91 Å². The van der Waals surface area contributed by atoms with E-state index in [0.717, 1.165) is 38.2 Å². The van der Waals surface area contributed by atoms with Crippen molar-refractivity contribution in [2.45, 2.75) is 19.4 Å². The van der Waals surface area contributed by atoms with Gasteiger partial charge in [-0.15, -0.1) is 11.3 Å². The third-order valence-electron chi connectivity index (χ3n) is 3.96. The Morgan fingerprint density at radius 2 is 2.43 bits per heavy atom. The summed E-state index contributed by atoms with van der Waals surface area (Å²) in [6.45, 7) is 2.60. The van der Waals surface area contributed by atoms with E-state index in [2.05, 4.69) is 27.6 Å². The molecule has 1 aliphatic heterocycles. The number of likely N-dealkylation sites (tertiary alicyclic amines) is 1. The number of piperidine rings is 1. The minimum Gasteiger partial charge on any atom is -0.369 e. The molecule has 0 spiro atoms. The number of aromatic nitrogens is 2. The highest BCUT2D eigenvalue weighted by atomic mass is 32.1. The molecule has 3 heterocycles. The van der Waals surface area contributed by atoms with Gasteiger partial charge in [0.15, 0.2) is 0 Å². The molecule has 1 fully saturated rings. The first-order valence-electron chi connectivity index (χ1n) is 7.21. The van der Waals surface area contributed by atoms with Crippen molar-refractivity contribution in [2.24, 2.45) is 18.7 Å². The molecule has 1 amide bonds. The first kappa shape index (κ1) is 14.3. The van der Waals surface area contributed by atoms with Crippen LogP contribution in [0.3, 0.4) is 0 Å². The zero-order valence-electron chi connectivity index (χ0n) is 12.2. The second kappa shape index (κ2) is 5.99. The van der Waals surface area contributed by atoms with E-state index in [0.29, 0.717) is 0 Å². The fourth-order valence-electron chi connectivity index (χ4n) is 2.95. The smallest absolute Gasteiger partial charge is 0.221 e. The number of amides is 1. The lowest BCUT2D eigenvalue weighted by atomic mass is 9.97. The van der Waals surface area contributed by atoms with E-state index < -0.39 is 0 Å². The average Bonchev–Trinajstić information content (AvgIpc) is 3.08. The highest BCUT2D eigenvalue weighted by molar-refractivity contribution is 7.13. The third-order valence-corrected chi connectivity index (χ3v) is 4.84. The van der Waals surface area contributed by atoms with Crippen LogP contribution in [0.2, 0.25) is 0 Å². The first-order chi connectivity index (χ1) is 10.1. The second-order valence-electron chi connectivity index (χ2n) is 5.63. The number of hydrogen-bond donors (Lipinski definition) is 1. The SMILES string of the molecule is Cn1cc(CN2CCC[C@H](C(N)=O)C2)c(-c2cccs2)n1. The third kappa shape index (κ3) is 3.16. The maximum Gasteiger partial charge on any atom is 0.221 e. The molecule has 0 saturated carbocycles. The summed E-state index contributed by atoms with van der Waals surface area (Å²) in [5, 5.41) is 6.65. The van der Waals surface area contributed by atoms with Crippen molar-refractivity contribution in [2.75, 3.05) is 13.1 Å². The molecule has 1 saturated heterocycles. The largest absolute Gasteiger partial charge is 0.369 e. The maximum atomic E-state index is 11.4. The van der Waals surface area contributed by atoms with E-state index in [1.165, 1.54) is 10.4 Å². The summed E-state index contributed by atoms with van der Waals surface area (Å²) < 4.78 is 1.86. The molecule has 6 heteroatoms. The predicted octanol–water partition coefficient (Wildman–Crippen LogP) is 1.85. The van der Waals surface area contributed by atoms with Gasteiger partial charge in [-0.3, -0.25) is 14.4 Å². The maximum absolute atomic E-state index is 11.4. The standard InChI is InChI=1S/C15H20N4OS/c1-18-8-12(14(17-18)13-5-3-7-21-13)10-19-6-2-4-11(9-19)15(16)20/h3,5,7-8,11H,2,4,6,9-10H2,1H3,(H2,16,20)/t11-/m0/s1. The van der Waals surface area contributed by atoms with Crippen LogP contribution in [0.25, 0.3) is 10.6 Å². The Bertz CT molecular complexity index is 620. The van der Waals surface area contributed by atoms with E-state index in [4.69, 9.17) is 5.73 Å². The summed E-state index contributed by atoms with van der Waals surface area (Å²) in [7, 11) is 1.95. The van der Waals surface area contributed by atoms with Crippen molar-refractivity contribution in [1.82, 2.24) is 14.7 Å². The number of carbonyl (C=O) groups is 1. The molecular weight excluding hydrogens is 284 g/mol. The van der Waals surface area contributed by atoms with E-state index in [9.17, 15) is 4.79 Å².